The Labute approximate surface area is 372 Å². The summed E-state index contributed by atoms with van der Waals surface area (Å²) in [5.74, 6) is 2.58. The van der Waals surface area contributed by atoms with Crippen LogP contribution in [0, 0.1) is 17.8 Å². The Morgan fingerprint density at radius 3 is 2.05 bits per heavy atom. The van der Waals surface area contributed by atoms with Crippen molar-refractivity contribution in [3.05, 3.63) is 203 Å². The Balaban J connectivity index is 1.26. The van der Waals surface area contributed by atoms with E-state index in [0.29, 0.717) is 35.3 Å². The number of primary amides is 1. The molecule has 1 spiro atoms. The van der Waals surface area contributed by atoms with Crippen molar-refractivity contribution < 1.29 is 29.0 Å². The second-order valence-corrected chi connectivity index (χ2v) is 16.7. The molecule has 4 amide bonds. The number of nitrogens with one attached hydrogen (secondary N) is 1. The van der Waals surface area contributed by atoms with Crippen LogP contribution < -0.4 is 16.0 Å². The number of phenols is 1. The summed E-state index contributed by atoms with van der Waals surface area (Å²) in [5, 5.41) is 13.6. The van der Waals surface area contributed by atoms with E-state index < -0.39 is 65.4 Å². The predicted molar refractivity (Wildman–Crippen MR) is 242 cm³/mol. The second-order valence-electron chi connectivity index (χ2n) is 16.7. The molecule has 11 heteroatoms. The SMILES string of the molecule is CC(NC(=O)N1C(=O)C2(c3cc(C#CCN(C)Cc4ccccc4)ccc31)C(C(N)=O)C1C(=O)OC(c3ccccc3)C(c3ccccc3)N1C2c1ccc(O)cc1)c1ccccc1. The van der Waals surface area contributed by atoms with Crippen LogP contribution in [0.25, 0.3) is 0 Å². The number of ether oxygens (including phenoxy) is 1. The number of amides is 4. The Kier molecular flexibility index (Phi) is 11.3. The fourth-order valence-electron chi connectivity index (χ4n) is 9.97. The molecule has 0 saturated carbocycles. The molecule has 0 aliphatic carbocycles. The minimum atomic E-state index is -1.99. The van der Waals surface area contributed by atoms with E-state index in [9.17, 15) is 19.5 Å². The number of hydrogen-bond donors (Lipinski definition) is 3. The van der Waals surface area contributed by atoms with Gasteiger partial charge in [0, 0.05) is 12.1 Å². The minimum absolute atomic E-state index is 0.0255. The van der Waals surface area contributed by atoms with Crippen LogP contribution in [0.5, 0.6) is 5.75 Å². The minimum Gasteiger partial charge on any atom is -0.508 e. The molecule has 0 aromatic heterocycles. The Morgan fingerprint density at radius 1 is 0.797 bits per heavy atom. The second kappa shape index (κ2) is 17.3. The molecule has 2 saturated heterocycles. The van der Waals surface area contributed by atoms with Crippen molar-refractivity contribution in [2.45, 2.75) is 49.2 Å². The molecule has 0 radical (unpaired) electrons. The summed E-state index contributed by atoms with van der Waals surface area (Å²) in [6.07, 6.45) is -0.886. The Morgan fingerprint density at radius 2 is 1.41 bits per heavy atom. The monoisotopic (exact) mass is 849 g/mol. The summed E-state index contributed by atoms with van der Waals surface area (Å²) in [6, 6.07) is 45.3. The number of imide groups is 1. The Bertz CT molecular complexity index is 2760. The lowest BCUT2D eigenvalue weighted by Crippen LogP contribution is -2.55. The maximum Gasteiger partial charge on any atom is 0.329 e. The molecule has 7 unspecified atom stereocenters. The van der Waals surface area contributed by atoms with Crippen molar-refractivity contribution in [2.75, 3.05) is 18.5 Å². The molecule has 2 fully saturated rings. The highest BCUT2D eigenvalue weighted by molar-refractivity contribution is 6.24. The molecule has 3 aliphatic rings. The van der Waals surface area contributed by atoms with E-state index >= 15 is 4.79 Å². The topological polar surface area (TPSA) is 146 Å². The zero-order valence-electron chi connectivity index (χ0n) is 35.4. The van der Waals surface area contributed by atoms with Gasteiger partial charge < -0.3 is 20.9 Å². The number of urea groups is 1. The molecule has 3 aliphatic heterocycles. The zero-order chi connectivity index (χ0) is 44.5. The van der Waals surface area contributed by atoms with Gasteiger partial charge in [0.15, 0.2) is 0 Å². The number of nitrogens with two attached hydrogens (primary N) is 1. The van der Waals surface area contributed by atoms with Gasteiger partial charge in [-0.3, -0.25) is 24.2 Å². The first-order valence-corrected chi connectivity index (χ1v) is 21.3. The van der Waals surface area contributed by atoms with Crippen LogP contribution in [0.2, 0.25) is 0 Å². The number of carbonyl (C=O) groups is 4. The number of rotatable bonds is 9. The van der Waals surface area contributed by atoms with Gasteiger partial charge in [0.2, 0.25) is 11.8 Å². The number of cyclic esters (lactones) is 1. The molecule has 320 valence electrons. The summed E-state index contributed by atoms with van der Waals surface area (Å²) in [4.78, 5) is 65.4. The number of hydrogen-bond acceptors (Lipinski definition) is 8. The maximum absolute atomic E-state index is 16.1. The first-order chi connectivity index (χ1) is 31.1. The van der Waals surface area contributed by atoms with Crippen molar-refractivity contribution in [2.24, 2.45) is 11.7 Å². The quantitative estimate of drug-likeness (QED) is 0.100. The lowest BCUT2D eigenvalue weighted by molar-refractivity contribution is -0.178. The average molecular weight is 850 g/mol. The lowest BCUT2D eigenvalue weighted by Gasteiger charge is -2.46. The van der Waals surface area contributed by atoms with Crippen LogP contribution in [0.1, 0.15) is 70.1 Å². The lowest BCUT2D eigenvalue weighted by atomic mass is 9.65. The molecule has 3 heterocycles. The maximum atomic E-state index is 16.1. The summed E-state index contributed by atoms with van der Waals surface area (Å²) in [7, 11) is 1.98. The van der Waals surface area contributed by atoms with Gasteiger partial charge in [0.25, 0.3) is 0 Å². The van der Waals surface area contributed by atoms with Gasteiger partial charge in [-0.15, -0.1) is 0 Å². The number of benzene rings is 6. The summed E-state index contributed by atoms with van der Waals surface area (Å²) >= 11 is 0. The van der Waals surface area contributed by atoms with E-state index in [2.05, 4.69) is 34.2 Å². The van der Waals surface area contributed by atoms with Crippen molar-refractivity contribution in [3.8, 4) is 17.6 Å². The largest absolute Gasteiger partial charge is 0.508 e. The van der Waals surface area contributed by atoms with Crippen molar-refractivity contribution in [1.29, 1.82) is 0 Å². The number of morpholine rings is 1. The van der Waals surface area contributed by atoms with Gasteiger partial charge in [-0.25, -0.2) is 9.69 Å². The zero-order valence-corrected chi connectivity index (χ0v) is 35.4. The third kappa shape index (κ3) is 7.36. The molecule has 0 bridgehead atoms. The molecule has 6 aromatic carbocycles. The molecular weight excluding hydrogens is 803 g/mol. The molecule has 7 atom stereocenters. The van der Waals surface area contributed by atoms with Gasteiger partial charge in [-0.2, -0.15) is 0 Å². The highest BCUT2D eigenvalue weighted by Crippen LogP contribution is 2.65. The van der Waals surface area contributed by atoms with Crippen LogP contribution in [0.15, 0.2) is 164 Å². The number of carbonyl (C=O) groups excluding carboxylic acids is 4. The highest BCUT2D eigenvalue weighted by Gasteiger charge is 2.75. The van der Waals surface area contributed by atoms with E-state index in [-0.39, 0.29) is 11.4 Å². The third-order valence-electron chi connectivity index (χ3n) is 12.7. The number of esters is 1. The van der Waals surface area contributed by atoms with Crippen molar-refractivity contribution >= 4 is 29.5 Å². The molecule has 64 heavy (non-hydrogen) atoms. The van der Waals surface area contributed by atoms with Crippen LogP contribution in [-0.2, 0) is 31.1 Å². The fourth-order valence-corrected chi connectivity index (χ4v) is 9.97. The van der Waals surface area contributed by atoms with Crippen LogP contribution >= 0.6 is 0 Å². The number of fused-ring (bicyclic) bond motifs is 3. The summed E-state index contributed by atoms with van der Waals surface area (Å²) in [5.41, 5.74) is 9.52. The molecule has 9 rings (SSSR count). The van der Waals surface area contributed by atoms with E-state index in [1.54, 1.807) is 30.3 Å². The predicted octanol–water partition coefficient (Wildman–Crippen LogP) is 7.50. The standard InChI is InChI=1S/C53H47N5O6/c1-34(37-19-9-4-10-20-37)55-52(63)57-43-30-25-35(18-15-31-56(2)33-36-16-7-3-8-17-36)32-42(43)53(51(57)62)44(49(54)60)46-50(61)64-47(39-23-13-6-14-24-39)45(38-21-11-5-12-22-38)58(46)48(53)40-26-28-41(59)29-27-40/h3-14,16-17,19-30,32,34,44-48,59H,31,33H2,1-2H3,(H2,54,60)(H,55,63). The molecule has 6 aromatic rings. The van der Waals surface area contributed by atoms with Crippen LogP contribution in [0.3, 0.4) is 0 Å². The van der Waals surface area contributed by atoms with Crippen LogP contribution in [0.4, 0.5) is 10.5 Å². The number of anilines is 1. The van der Waals surface area contributed by atoms with E-state index in [1.165, 1.54) is 12.1 Å². The van der Waals surface area contributed by atoms with Crippen LogP contribution in [-0.4, -0.2) is 58.4 Å². The van der Waals surface area contributed by atoms with E-state index in [0.717, 1.165) is 21.6 Å². The molecular formula is C53H47N5O6. The van der Waals surface area contributed by atoms with Gasteiger partial charge in [-0.1, -0.05) is 145 Å². The van der Waals surface area contributed by atoms with E-state index in [4.69, 9.17) is 10.5 Å². The van der Waals surface area contributed by atoms with E-state index in [1.807, 2.05) is 128 Å². The van der Waals surface area contributed by atoms with Gasteiger partial charge in [0.1, 0.15) is 23.3 Å². The number of phenolic OH excluding ortho intramolecular Hbond substituents is 1. The first-order valence-electron chi connectivity index (χ1n) is 21.3. The fraction of sp³-hybridized carbons (Fsp3) is 0.208. The summed E-state index contributed by atoms with van der Waals surface area (Å²) < 4.78 is 6.42. The van der Waals surface area contributed by atoms with Crippen molar-refractivity contribution in [3.63, 3.8) is 0 Å². The molecule has 11 nitrogen and oxygen atoms in total. The normalized spacial score (nSPS) is 22.9. The first kappa shape index (κ1) is 41.8. The highest BCUT2D eigenvalue weighted by atomic mass is 16.6. The molecule has 4 N–H and O–H groups in total. The van der Waals surface area contributed by atoms with Gasteiger partial charge >= 0.3 is 12.0 Å². The Hall–Kier alpha value is -7.52. The third-order valence-corrected chi connectivity index (χ3v) is 12.7. The smallest absolute Gasteiger partial charge is 0.329 e. The van der Waals surface area contributed by atoms with Gasteiger partial charge in [0.05, 0.1) is 36.3 Å². The number of nitrogens with zero attached hydrogens (tertiary/aromatic N) is 3. The summed E-state index contributed by atoms with van der Waals surface area (Å²) in [6.45, 7) is 2.92. The van der Waals surface area contributed by atoms with Gasteiger partial charge in [-0.05, 0) is 77.7 Å². The number of aromatic hydroxyl groups is 1. The van der Waals surface area contributed by atoms with Crippen molar-refractivity contribution in [1.82, 2.24) is 15.1 Å². The average Bonchev–Trinajstić information content (AvgIpc) is 3.77.